The molecule has 0 bridgehead atoms. The molecule has 10 heteroatoms. The number of rotatable bonds is 27. The Morgan fingerprint density at radius 3 is 1.42 bits per heavy atom. The van der Waals surface area contributed by atoms with Crippen molar-refractivity contribution in [2.24, 2.45) is 0 Å². The van der Waals surface area contributed by atoms with Crippen molar-refractivity contribution in [1.82, 2.24) is 10.6 Å². The molecular weight excluding hydrogens is 552 g/mol. The van der Waals surface area contributed by atoms with Crippen molar-refractivity contribution in [3.63, 3.8) is 0 Å². The van der Waals surface area contributed by atoms with Gasteiger partial charge in [0.2, 0.25) is 11.8 Å². The molecule has 43 heavy (non-hydrogen) atoms. The molecule has 0 aliphatic carbocycles. The lowest BCUT2D eigenvalue weighted by Crippen LogP contribution is -2.60. The second kappa shape index (κ2) is 26.0. The first kappa shape index (κ1) is 39.7. The van der Waals surface area contributed by atoms with Gasteiger partial charge in [-0.3, -0.25) is 9.59 Å². The average Bonchev–Trinajstić information content (AvgIpc) is 3.00. The van der Waals surface area contributed by atoms with Crippen molar-refractivity contribution in [1.29, 1.82) is 0 Å². The van der Waals surface area contributed by atoms with E-state index in [1.165, 1.54) is 77.0 Å². The van der Waals surface area contributed by atoms with Gasteiger partial charge in [0.25, 0.3) is 0 Å². The molecule has 0 saturated carbocycles. The van der Waals surface area contributed by atoms with Gasteiger partial charge in [-0.15, -0.1) is 0 Å². The number of amides is 2. The maximum Gasteiger partial charge on any atom is 0.220 e. The van der Waals surface area contributed by atoms with Gasteiger partial charge in [-0.25, -0.2) is 0 Å². The number of nitrogens with one attached hydrogen (secondary N) is 2. The van der Waals surface area contributed by atoms with Crippen LogP contribution >= 0.6 is 0 Å². The van der Waals surface area contributed by atoms with Gasteiger partial charge in [0.15, 0.2) is 6.29 Å². The van der Waals surface area contributed by atoms with Crippen molar-refractivity contribution < 1.29 is 39.5 Å². The summed E-state index contributed by atoms with van der Waals surface area (Å²) in [7, 11) is 0. The Balaban J connectivity index is 2.46. The van der Waals surface area contributed by atoms with E-state index in [1.54, 1.807) is 0 Å². The van der Waals surface area contributed by atoms with E-state index in [2.05, 4.69) is 24.5 Å². The van der Waals surface area contributed by atoms with Crippen LogP contribution in [-0.2, 0) is 19.1 Å². The smallest absolute Gasteiger partial charge is 0.220 e. The predicted octanol–water partition coefficient (Wildman–Crippen LogP) is 4.25. The number of aliphatic hydroxyl groups excluding tert-OH is 4. The number of aliphatic hydroxyl groups is 4. The normalized spacial score (nSPS) is 22.2. The summed E-state index contributed by atoms with van der Waals surface area (Å²) in [5.74, 6) is -0.238. The van der Waals surface area contributed by atoms with Gasteiger partial charge in [-0.2, -0.15) is 0 Å². The van der Waals surface area contributed by atoms with Crippen LogP contribution in [0.2, 0.25) is 0 Å². The third kappa shape index (κ3) is 19.0. The van der Waals surface area contributed by atoms with Crippen LogP contribution in [0.3, 0.4) is 0 Å². The summed E-state index contributed by atoms with van der Waals surface area (Å²) in [5, 5.41) is 45.8. The maximum atomic E-state index is 12.5. The lowest BCUT2D eigenvalue weighted by molar-refractivity contribution is -0.310. The molecule has 254 valence electrons. The zero-order valence-corrected chi connectivity index (χ0v) is 27.1. The Labute approximate surface area is 260 Å². The molecule has 1 fully saturated rings. The molecule has 0 aromatic heterocycles. The van der Waals surface area contributed by atoms with Crippen LogP contribution in [0.5, 0.6) is 0 Å². The highest BCUT2D eigenvalue weighted by Gasteiger charge is 2.44. The van der Waals surface area contributed by atoms with Crippen molar-refractivity contribution in [2.75, 3.05) is 19.7 Å². The summed E-state index contributed by atoms with van der Waals surface area (Å²) in [6.07, 6.45) is 13.9. The number of hydrogen-bond donors (Lipinski definition) is 6. The fourth-order valence-corrected chi connectivity index (χ4v) is 5.36. The average molecular weight is 617 g/mol. The molecule has 2 amide bonds. The largest absolute Gasteiger partial charge is 0.394 e. The van der Waals surface area contributed by atoms with E-state index in [0.29, 0.717) is 12.8 Å². The molecule has 0 aromatic carbocycles. The fraction of sp³-hybridized carbons (Fsp3) is 0.939. The maximum absolute atomic E-state index is 12.5. The summed E-state index contributed by atoms with van der Waals surface area (Å²) in [6.45, 7) is 4.00. The van der Waals surface area contributed by atoms with E-state index in [-0.39, 0.29) is 24.9 Å². The third-order valence-corrected chi connectivity index (χ3v) is 8.24. The van der Waals surface area contributed by atoms with Crippen LogP contribution in [0.4, 0.5) is 0 Å². The number of ether oxygens (including phenoxy) is 2. The van der Waals surface area contributed by atoms with E-state index in [4.69, 9.17) is 9.47 Å². The van der Waals surface area contributed by atoms with E-state index >= 15 is 0 Å². The Hall–Kier alpha value is -1.30. The Morgan fingerprint density at radius 1 is 0.628 bits per heavy atom. The minimum absolute atomic E-state index is 0.0730. The zero-order chi connectivity index (χ0) is 31.7. The number of carbonyl (C=O) groups excluding carboxylic acids is 2. The molecule has 0 radical (unpaired) electrons. The molecular formula is C33H64N2O8. The molecule has 1 aliphatic rings. The van der Waals surface area contributed by atoms with Gasteiger partial charge in [-0.05, 0) is 12.8 Å². The standard InChI is InChI=1S/C33H64N2O8/c1-3-5-7-9-11-13-15-17-19-21-28(37)34-23-26(42-33-32(41)31(40)30(39)27(25-36)43-33)24-35-29(38)22-20-18-16-14-12-10-8-6-4-2/h26-27,30-33,36,39-41H,3-25H2,1-2H3,(H,34,37)(H,35,38)/t27-,30-,31+,32-,33-/m1/s1. The summed E-state index contributed by atoms with van der Waals surface area (Å²) in [5.41, 5.74) is 0. The predicted molar refractivity (Wildman–Crippen MR) is 168 cm³/mol. The molecule has 10 nitrogen and oxygen atoms in total. The molecule has 1 saturated heterocycles. The van der Waals surface area contributed by atoms with Crippen LogP contribution < -0.4 is 10.6 Å². The SMILES string of the molecule is CCCCCCCCCCCC(=O)NCC(CNC(=O)CCCCCCCCCCC)O[C@@H]1O[C@H](CO)[C@@H](O)[C@H](O)[C@H]1O. The van der Waals surface area contributed by atoms with Crippen molar-refractivity contribution in [3.8, 4) is 0 Å². The Morgan fingerprint density at radius 2 is 1.02 bits per heavy atom. The van der Waals surface area contributed by atoms with Crippen LogP contribution in [-0.4, -0.2) is 88.7 Å². The van der Waals surface area contributed by atoms with Gasteiger partial charge >= 0.3 is 0 Å². The van der Waals surface area contributed by atoms with Crippen molar-refractivity contribution in [2.45, 2.75) is 179 Å². The first-order chi connectivity index (χ1) is 20.8. The number of unbranched alkanes of at least 4 members (excludes halogenated alkanes) is 16. The Bertz CT molecular complexity index is 658. The summed E-state index contributed by atoms with van der Waals surface area (Å²) in [6, 6.07) is 0. The van der Waals surface area contributed by atoms with Gasteiger partial charge in [0.05, 0.1) is 12.7 Å². The minimum Gasteiger partial charge on any atom is -0.394 e. The lowest BCUT2D eigenvalue weighted by atomic mass is 9.99. The third-order valence-electron chi connectivity index (χ3n) is 8.24. The zero-order valence-electron chi connectivity index (χ0n) is 27.1. The second-order valence-corrected chi connectivity index (χ2v) is 12.2. The van der Waals surface area contributed by atoms with Crippen LogP contribution in [0, 0.1) is 0 Å². The monoisotopic (exact) mass is 616 g/mol. The van der Waals surface area contributed by atoms with Gasteiger partial charge < -0.3 is 40.5 Å². The second-order valence-electron chi connectivity index (χ2n) is 12.2. The first-order valence-corrected chi connectivity index (χ1v) is 17.3. The summed E-state index contributed by atoms with van der Waals surface area (Å²) in [4.78, 5) is 25.0. The van der Waals surface area contributed by atoms with Crippen molar-refractivity contribution in [3.05, 3.63) is 0 Å². The van der Waals surface area contributed by atoms with E-state index in [9.17, 15) is 30.0 Å². The lowest BCUT2D eigenvalue weighted by Gasteiger charge is -2.40. The molecule has 1 heterocycles. The molecule has 0 aromatic rings. The fourth-order valence-electron chi connectivity index (χ4n) is 5.36. The molecule has 6 N–H and O–H groups in total. The summed E-state index contributed by atoms with van der Waals surface area (Å²) < 4.78 is 11.4. The van der Waals surface area contributed by atoms with Gasteiger partial charge in [0, 0.05) is 25.9 Å². The molecule has 5 atom stereocenters. The topological polar surface area (TPSA) is 158 Å². The van der Waals surface area contributed by atoms with Crippen LogP contribution in [0.25, 0.3) is 0 Å². The van der Waals surface area contributed by atoms with E-state index in [1.807, 2.05) is 0 Å². The van der Waals surface area contributed by atoms with Crippen molar-refractivity contribution >= 4 is 11.8 Å². The van der Waals surface area contributed by atoms with Crippen LogP contribution in [0.1, 0.15) is 142 Å². The highest BCUT2D eigenvalue weighted by molar-refractivity contribution is 5.76. The number of hydrogen-bond acceptors (Lipinski definition) is 8. The highest BCUT2D eigenvalue weighted by atomic mass is 16.7. The van der Waals surface area contributed by atoms with Crippen LogP contribution in [0.15, 0.2) is 0 Å². The number of carbonyl (C=O) groups is 2. The molecule has 1 aliphatic heterocycles. The quantitative estimate of drug-likeness (QED) is 0.0748. The van der Waals surface area contributed by atoms with E-state index in [0.717, 1.165) is 38.5 Å². The minimum atomic E-state index is -1.57. The first-order valence-electron chi connectivity index (χ1n) is 17.3. The van der Waals surface area contributed by atoms with Gasteiger partial charge in [0.1, 0.15) is 24.4 Å². The highest BCUT2D eigenvalue weighted by Crippen LogP contribution is 2.23. The summed E-state index contributed by atoms with van der Waals surface area (Å²) >= 11 is 0. The van der Waals surface area contributed by atoms with Gasteiger partial charge in [-0.1, -0.05) is 117 Å². The molecule has 0 unspecified atom stereocenters. The molecule has 1 rings (SSSR count). The molecule has 0 spiro atoms. The van der Waals surface area contributed by atoms with E-state index < -0.39 is 43.4 Å². The Kier molecular flexibility index (Phi) is 24.0.